The number of aromatic hydroxyl groups is 9. The molecule has 1 aliphatic heterocycles. The highest BCUT2D eigenvalue weighted by Gasteiger charge is 2.32. The van der Waals surface area contributed by atoms with E-state index in [1.807, 2.05) is 0 Å². The summed E-state index contributed by atoms with van der Waals surface area (Å²) in [7, 11) is 0. The molecule has 0 radical (unpaired) electrons. The molecule has 11 heteroatoms. The summed E-state index contributed by atoms with van der Waals surface area (Å²) in [5.74, 6) is -6.34. The quantitative estimate of drug-likeness (QED) is 0.163. The molecule has 178 valence electrons. The minimum absolute atomic E-state index is 0.0443. The maximum atomic E-state index is 10.9. The van der Waals surface area contributed by atoms with Crippen LogP contribution in [0, 0.1) is 0 Å². The molecular formula is C24H16O11. The van der Waals surface area contributed by atoms with Crippen LogP contribution in [-0.2, 0) is 0 Å². The Labute approximate surface area is 195 Å². The molecule has 0 unspecified atom stereocenters. The van der Waals surface area contributed by atoms with Gasteiger partial charge in [0.05, 0.1) is 11.1 Å². The Kier molecular flexibility index (Phi) is 4.52. The fourth-order valence-electron chi connectivity index (χ4n) is 3.89. The van der Waals surface area contributed by atoms with E-state index in [-0.39, 0.29) is 51.0 Å². The third kappa shape index (κ3) is 3.30. The average molecular weight is 480 g/mol. The van der Waals surface area contributed by atoms with Crippen molar-refractivity contribution in [3.8, 4) is 97.0 Å². The van der Waals surface area contributed by atoms with Gasteiger partial charge in [0.1, 0.15) is 34.5 Å². The molecule has 4 aromatic carbocycles. The van der Waals surface area contributed by atoms with Crippen molar-refractivity contribution in [1.82, 2.24) is 0 Å². The lowest BCUT2D eigenvalue weighted by atomic mass is 9.99. The normalized spacial score (nSPS) is 11.8. The van der Waals surface area contributed by atoms with Crippen LogP contribution in [-0.4, -0.2) is 46.0 Å². The van der Waals surface area contributed by atoms with Crippen LogP contribution in [0.5, 0.6) is 74.7 Å². The number of rotatable bonds is 2. The van der Waals surface area contributed by atoms with Gasteiger partial charge in [0.2, 0.25) is 17.2 Å². The first-order chi connectivity index (χ1) is 16.5. The molecule has 35 heavy (non-hydrogen) atoms. The van der Waals surface area contributed by atoms with Gasteiger partial charge in [-0.15, -0.1) is 0 Å². The average Bonchev–Trinajstić information content (AvgIpc) is 2.75. The predicted molar refractivity (Wildman–Crippen MR) is 119 cm³/mol. The number of benzene rings is 4. The Morgan fingerprint density at radius 3 is 1.51 bits per heavy atom. The molecule has 0 spiro atoms. The summed E-state index contributed by atoms with van der Waals surface area (Å²) in [5, 5.41) is 91.9. The van der Waals surface area contributed by atoms with E-state index in [9.17, 15) is 46.0 Å². The van der Waals surface area contributed by atoms with Gasteiger partial charge in [-0.3, -0.25) is 0 Å². The van der Waals surface area contributed by atoms with Crippen LogP contribution >= 0.6 is 0 Å². The maximum Gasteiger partial charge on any atom is 0.215 e. The summed E-state index contributed by atoms with van der Waals surface area (Å²) in [6.07, 6.45) is 0. The third-order valence-electron chi connectivity index (χ3n) is 5.36. The topological polar surface area (TPSA) is 201 Å². The Morgan fingerprint density at radius 1 is 0.429 bits per heavy atom. The van der Waals surface area contributed by atoms with Crippen LogP contribution in [0.25, 0.3) is 22.3 Å². The molecule has 0 amide bonds. The lowest BCUT2D eigenvalue weighted by molar-refractivity contribution is 0.311. The van der Waals surface area contributed by atoms with E-state index in [1.54, 1.807) is 0 Å². The third-order valence-corrected chi connectivity index (χ3v) is 5.36. The number of ether oxygens (including phenoxy) is 2. The SMILES string of the molecule is Oc1cc(O)cc(-c2c(O)cc3c(c2O)Oc2cc(-c4c(O)cc(O)cc4O)c(O)c(O)c2O3)c1. The van der Waals surface area contributed by atoms with Crippen molar-refractivity contribution >= 4 is 0 Å². The summed E-state index contributed by atoms with van der Waals surface area (Å²) < 4.78 is 11.2. The summed E-state index contributed by atoms with van der Waals surface area (Å²) in [6.45, 7) is 0. The Balaban J connectivity index is 1.68. The minimum atomic E-state index is -0.837. The van der Waals surface area contributed by atoms with E-state index >= 15 is 0 Å². The van der Waals surface area contributed by atoms with Gasteiger partial charge >= 0.3 is 0 Å². The van der Waals surface area contributed by atoms with Crippen molar-refractivity contribution in [2.24, 2.45) is 0 Å². The number of phenolic OH excluding ortho intramolecular Hbond substituents is 9. The van der Waals surface area contributed by atoms with Crippen molar-refractivity contribution in [2.45, 2.75) is 0 Å². The molecule has 5 rings (SSSR count). The van der Waals surface area contributed by atoms with Crippen LogP contribution in [0.4, 0.5) is 0 Å². The van der Waals surface area contributed by atoms with Crippen LogP contribution in [0.3, 0.4) is 0 Å². The van der Waals surface area contributed by atoms with Gasteiger partial charge < -0.3 is 55.4 Å². The lowest BCUT2D eigenvalue weighted by Gasteiger charge is -2.25. The zero-order chi connectivity index (χ0) is 25.2. The zero-order valence-corrected chi connectivity index (χ0v) is 17.4. The molecule has 0 aromatic heterocycles. The monoisotopic (exact) mass is 480 g/mol. The molecule has 0 fully saturated rings. The van der Waals surface area contributed by atoms with Gasteiger partial charge in [0.25, 0.3) is 0 Å². The van der Waals surface area contributed by atoms with Crippen LogP contribution in [0.2, 0.25) is 0 Å². The van der Waals surface area contributed by atoms with E-state index in [2.05, 4.69) is 0 Å². The Bertz CT molecular complexity index is 1500. The summed E-state index contributed by atoms with van der Waals surface area (Å²) in [4.78, 5) is 0. The van der Waals surface area contributed by atoms with Gasteiger partial charge in [-0.25, -0.2) is 0 Å². The largest absolute Gasteiger partial charge is 0.508 e. The summed E-state index contributed by atoms with van der Waals surface area (Å²) in [5.41, 5.74) is -0.791. The van der Waals surface area contributed by atoms with Crippen molar-refractivity contribution in [2.75, 3.05) is 0 Å². The highest BCUT2D eigenvalue weighted by Crippen LogP contribution is 2.61. The van der Waals surface area contributed by atoms with E-state index in [0.29, 0.717) is 0 Å². The highest BCUT2D eigenvalue weighted by molar-refractivity contribution is 5.88. The highest BCUT2D eigenvalue weighted by atomic mass is 16.6. The number of hydrogen-bond donors (Lipinski definition) is 9. The first-order valence-corrected chi connectivity index (χ1v) is 9.87. The molecule has 1 aliphatic rings. The molecule has 0 saturated carbocycles. The smallest absolute Gasteiger partial charge is 0.215 e. The molecular weight excluding hydrogens is 464 g/mol. The molecule has 1 heterocycles. The van der Waals surface area contributed by atoms with Gasteiger partial charge in [-0.1, -0.05) is 0 Å². The Morgan fingerprint density at radius 2 is 0.914 bits per heavy atom. The number of hydrogen-bond acceptors (Lipinski definition) is 11. The van der Waals surface area contributed by atoms with Gasteiger partial charge in [-0.2, -0.15) is 0 Å². The van der Waals surface area contributed by atoms with Gasteiger partial charge in [0, 0.05) is 29.8 Å². The first kappa shape index (κ1) is 21.5. The van der Waals surface area contributed by atoms with Crippen LogP contribution in [0.1, 0.15) is 0 Å². The number of phenols is 9. The Hall–Kier alpha value is -5.32. The van der Waals surface area contributed by atoms with Crippen molar-refractivity contribution < 1.29 is 55.4 Å². The minimum Gasteiger partial charge on any atom is -0.508 e. The summed E-state index contributed by atoms with van der Waals surface area (Å²) in [6, 6.07) is 7.37. The molecule has 11 nitrogen and oxygen atoms in total. The predicted octanol–water partition coefficient (Wildman–Crippen LogP) is 4.27. The molecule has 4 aromatic rings. The maximum absolute atomic E-state index is 10.9. The second kappa shape index (κ2) is 7.35. The molecule has 9 N–H and O–H groups in total. The van der Waals surface area contributed by atoms with Crippen molar-refractivity contribution in [3.05, 3.63) is 42.5 Å². The second-order valence-corrected chi connectivity index (χ2v) is 7.70. The van der Waals surface area contributed by atoms with E-state index < -0.39 is 46.0 Å². The second-order valence-electron chi connectivity index (χ2n) is 7.70. The van der Waals surface area contributed by atoms with Crippen LogP contribution in [0.15, 0.2) is 42.5 Å². The molecule has 0 aliphatic carbocycles. The first-order valence-electron chi connectivity index (χ1n) is 9.87. The molecule has 0 bridgehead atoms. The van der Waals surface area contributed by atoms with Crippen molar-refractivity contribution in [3.63, 3.8) is 0 Å². The van der Waals surface area contributed by atoms with E-state index in [0.717, 1.165) is 30.3 Å². The fraction of sp³-hybridized carbons (Fsp3) is 0. The molecule has 0 atom stereocenters. The van der Waals surface area contributed by atoms with Gasteiger partial charge in [-0.05, 0) is 23.8 Å². The molecule has 0 saturated heterocycles. The van der Waals surface area contributed by atoms with E-state index in [4.69, 9.17) is 9.47 Å². The standard InChI is InChI=1S/C24H16O11/c25-9-1-8(2-10(26)3-9)18-15(30)7-17-23(21(18)32)34-16-6-12(20(31)22(33)24(16)35-17)19-13(28)4-11(27)5-14(19)29/h1-7,25-33H. The summed E-state index contributed by atoms with van der Waals surface area (Å²) >= 11 is 0. The van der Waals surface area contributed by atoms with Gasteiger partial charge in [0.15, 0.2) is 23.0 Å². The van der Waals surface area contributed by atoms with Crippen LogP contribution < -0.4 is 9.47 Å². The lowest BCUT2D eigenvalue weighted by Crippen LogP contribution is -2.01. The fourth-order valence-corrected chi connectivity index (χ4v) is 3.89. The zero-order valence-electron chi connectivity index (χ0n) is 17.4. The van der Waals surface area contributed by atoms with Crippen molar-refractivity contribution in [1.29, 1.82) is 0 Å². The van der Waals surface area contributed by atoms with E-state index in [1.165, 1.54) is 12.1 Å². The number of fused-ring (bicyclic) bond motifs is 2.